The van der Waals surface area contributed by atoms with Crippen LogP contribution in [0.3, 0.4) is 0 Å². The second-order valence-corrected chi connectivity index (χ2v) is 11.0. The van der Waals surface area contributed by atoms with E-state index in [4.69, 9.17) is 14.5 Å². The molecule has 9 heteroatoms. The lowest BCUT2D eigenvalue weighted by Gasteiger charge is -2.36. The Morgan fingerprint density at radius 1 is 0.969 bits per heavy atom. The fourth-order valence-corrected chi connectivity index (χ4v) is 6.32. The first-order valence-corrected chi connectivity index (χ1v) is 12.5. The number of morpholine rings is 1. The summed E-state index contributed by atoms with van der Waals surface area (Å²) in [5.41, 5.74) is 3.25. The maximum Gasteiger partial charge on any atom is 0.172 e. The van der Waals surface area contributed by atoms with Crippen LogP contribution in [0.25, 0.3) is 20.4 Å². The lowest BCUT2D eigenvalue weighted by Crippen LogP contribution is -2.39. The molecule has 6 heterocycles. The molecule has 0 atom stereocenters. The van der Waals surface area contributed by atoms with E-state index in [1.807, 2.05) is 0 Å². The van der Waals surface area contributed by atoms with Crippen LogP contribution in [0, 0.1) is 5.92 Å². The lowest BCUT2D eigenvalue weighted by molar-refractivity contribution is -0.0396. The van der Waals surface area contributed by atoms with E-state index in [1.165, 1.54) is 24.0 Å². The van der Waals surface area contributed by atoms with Crippen molar-refractivity contribution < 1.29 is 9.47 Å². The van der Waals surface area contributed by atoms with Crippen LogP contribution in [0.1, 0.15) is 44.7 Å². The lowest BCUT2D eigenvalue weighted by atomic mass is 9.90. The SMILES string of the molecule is CC1CCN(c2nnnc3c2sc2nc(N4CCOCC4)c4c(c23)CC(C)(C)OC4)CC1. The van der Waals surface area contributed by atoms with Crippen LogP contribution in [-0.4, -0.2) is 65.4 Å². The summed E-state index contributed by atoms with van der Waals surface area (Å²) in [6.45, 7) is 12.5. The summed E-state index contributed by atoms with van der Waals surface area (Å²) in [4.78, 5) is 11.0. The third-order valence-electron chi connectivity index (χ3n) is 7.10. The van der Waals surface area contributed by atoms with Crippen molar-refractivity contribution in [2.75, 3.05) is 49.2 Å². The van der Waals surface area contributed by atoms with Crippen LogP contribution >= 0.6 is 11.3 Å². The highest BCUT2D eigenvalue weighted by atomic mass is 32.1. The average Bonchev–Trinajstić information content (AvgIpc) is 3.18. The van der Waals surface area contributed by atoms with Crippen molar-refractivity contribution >= 4 is 43.4 Å². The molecule has 8 nitrogen and oxygen atoms in total. The molecule has 0 bridgehead atoms. The Bertz CT molecular complexity index is 1160. The van der Waals surface area contributed by atoms with E-state index in [0.717, 1.165) is 83.8 Å². The highest BCUT2D eigenvalue weighted by Crippen LogP contribution is 2.44. The third-order valence-corrected chi connectivity index (χ3v) is 8.17. The van der Waals surface area contributed by atoms with Crippen LogP contribution in [-0.2, 0) is 22.5 Å². The number of hydrogen-bond donors (Lipinski definition) is 0. The highest BCUT2D eigenvalue weighted by molar-refractivity contribution is 7.26. The summed E-state index contributed by atoms with van der Waals surface area (Å²) >= 11 is 1.72. The number of pyridine rings is 1. The number of aromatic nitrogens is 4. The Labute approximate surface area is 191 Å². The molecule has 3 aromatic rings. The molecule has 0 unspecified atom stereocenters. The number of rotatable bonds is 2. The average molecular weight is 455 g/mol. The van der Waals surface area contributed by atoms with Crippen molar-refractivity contribution in [3.63, 3.8) is 0 Å². The summed E-state index contributed by atoms with van der Waals surface area (Å²) in [7, 11) is 0. The summed E-state index contributed by atoms with van der Waals surface area (Å²) < 4.78 is 12.9. The van der Waals surface area contributed by atoms with Gasteiger partial charge in [-0.25, -0.2) is 4.98 Å². The van der Waals surface area contributed by atoms with Gasteiger partial charge in [0.25, 0.3) is 0 Å². The molecule has 0 N–H and O–H groups in total. The summed E-state index contributed by atoms with van der Waals surface area (Å²) in [5.74, 6) is 2.79. The zero-order valence-corrected chi connectivity index (χ0v) is 19.9. The van der Waals surface area contributed by atoms with E-state index in [-0.39, 0.29) is 5.60 Å². The van der Waals surface area contributed by atoms with Gasteiger partial charge in [0, 0.05) is 43.5 Å². The molecule has 6 rings (SSSR count). The van der Waals surface area contributed by atoms with Gasteiger partial charge in [0.15, 0.2) is 5.82 Å². The quantitative estimate of drug-likeness (QED) is 0.582. The van der Waals surface area contributed by atoms with Gasteiger partial charge < -0.3 is 19.3 Å². The zero-order chi connectivity index (χ0) is 21.9. The molecule has 3 aliphatic heterocycles. The van der Waals surface area contributed by atoms with Crippen LogP contribution in [0.5, 0.6) is 0 Å². The second kappa shape index (κ2) is 7.74. The molecule has 0 radical (unpaired) electrons. The Morgan fingerprint density at radius 2 is 1.72 bits per heavy atom. The van der Waals surface area contributed by atoms with E-state index < -0.39 is 0 Å². The van der Waals surface area contributed by atoms with Crippen LogP contribution in [0.2, 0.25) is 0 Å². The van der Waals surface area contributed by atoms with E-state index >= 15 is 0 Å². The topological polar surface area (TPSA) is 76.5 Å². The Morgan fingerprint density at radius 3 is 2.50 bits per heavy atom. The second-order valence-electron chi connectivity index (χ2n) is 9.96. The normalized spacial score (nSPS) is 22.0. The maximum absolute atomic E-state index is 6.24. The number of hydrogen-bond acceptors (Lipinski definition) is 9. The Balaban J connectivity index is 1.55. The van der Waals surface area contributed by atoms with E-state index in [9.17, 15) is 0 Å². The molecule has 170 valence electrons. The Hall–Kier alpha value is -2.10. The third kappa shape index (κ3) is 3.41. The van der Waals surface area contributed by atoms with Gasteiger partial charge in [0.2, 0.25) is 0 Å². The minimum Gasteiger partial charge on any atom is -0.378 e. The first-order chi connectivity index (χ1) is 15.5. The molecule has 3 aliphatic rings. The van der Waals surface area contributed by atoms with Gasteiger partial charge in [-0.15, -0.1) is 21.5 Å². The number of nitrogens with zero attached hydrogens (tertiary/aromatic N) is 6. The smallest absolute Gasteiger partial charge is 0.172 e. The number of thiophene rings is 1. The predicted octanol–water partition coefficient (Wildman–Crippen LogP) is 3.56. The molecular formula is C23H30N6O2S. The standard InChI is InChI=1S/C23H30N6O2S/c1-14-4-6-28(7-5-14)21-19-18(25-27-26-21)17-15-12-23(2,3)31-13-16(15)20(24-22(17)32-19)29-8-10-30-11-9-29/h14H,4-13H2,1-3H3. The summed E-state index contributed by atoms with van der Waals surface area (Å²) in [6, 6.07) is 0. The number of fused-ring (bicyclic) bond motifs is 5. The van der Waals surface area contributed by atoms with Crippen molar-refractivity contribution in [3.8, 4) is 0 Å². The molecule has 0 amide bonds. The maximum atomic E-state index is 6.24. The number of ether oxygens (including phenoxy) is 2. The minimum atomic E-state index is -0.218. The summed E-state index contributed by atoms with van der Waals surface area (Å²) in [5, 5.41) is 14.4. The van der Waals surface area contributed by atoms with E-state index in [1.54, 1.807) is 11.3 Å². The number of piperidine rings is 1. The van der Waals surface area contributed by atoms with Crippen LogP contribution in [0.15, 0.2) is 0 Å². The van der Waals surface area contributed by atoms with Crippen LogP contribution in [0.4, 0.5) is 11.6 Å². The van der Waals surface area contributed by atoms with E-state index in [2.05, 4.69) is 46.0 Å². The van der Waals surface area contributed by atoms with Gasteiger partial charge in [0.05, 0.1) is 25.4 Å². The first kappa shape index (κ1) is 20.5. The van der Waals surface area contributed by atoms with Crippen molar-refractivity contribution in [1.29, 1.82) is 0 Å². The first-order valence-electron chi connectivity index (χ1n) is 11.7. The fourth-order valence-electron chi connectivity index (χ4n) is 5.17. The Kier molecular flexibility index (Phi) is 4.96. The summed E-state index contributed by atoms with van der Waals surface area (Å²) in [6.07, 6.45) is 3.22. The van der Waals surface area contributed by atoms with Crippen molar-refractivity contribution in [2.24, 2.45) is 5.92 Å². The largest absolute Gasteiger partial charge is 0.378 e. The molecule has 2 fully saturated rings. The van der Waals surface area contributed by atoms with E-state index in [0.29, 0.717) is 6.61 Å². The predicted molar refractivity (Wildman–Crippen MR) is 127 cm³/mol. The van der Waals surface area contributed by atoms with Crippen molar-refractivity contribution in [2.45, 2.75) is 52.2 Å². The molecule has 2 saturated heterocycles. The molecule has 0 spiro atoms. The van der Waals surface area contributed by atoms with Crippen LogP contribution < -0.4 is 9.80 Å². The molecular weight excluding hydrogens is 424 g/mol. The fraction of sp³-hybridized carbons (Fsp3) is 0.652. The van der Waals surface area contributed by atoms with Gasteiger partial charge in [-0.2, -0.15) is 0 Å². The molecule has 0 aromatic carbocycles. The van der Waals surface area contributed by atoms with Gasteiger partial charge in [-0.05, 0) is 43.4 Å². The minimum absolute atomic E-state index is 0.218. The molecule has 32 heavy (non-hydrogen) atoms. The van der Waals surface area contributed by atoms with Gasteiger partial charge in [0.1, 0.15) is 20.9 Å². The van der Waals surface area contributed by atoms with Gasteiger partial charge in [-0.1, -0.05) is 6.92 Å². The number of anilines is 2. The monoisotopic (exact) mass is 454 g/mol. The molecule has 0 saturated carbocycles. The van der Waals surface area contributed by atoms with Gasteiger partial charge >= 0.3 is 0 Å². The zero-order valence-electron chi connectivity index (χ0n) is 19.1. The van der Waals surface area contributed by atoms with Crippen molar-refractivity contribution in [1.82, 2.24) is 20.4 Å². The molecule has 3 aromatic heterocycles. The highest BCUT2D eigenvalue weighted by Gasteiger charge is 2.34. The molecule has 0 aliphatic carbocycles. The van der Waals surface area contributed by atoms with Crippen molar-refractivity contribution in [3.05, 3.63) is 11.1 Å². The van der Waals surface area contributed by atoms with Gasteiger partial charge in [-0.3, -0.25) is 0 Å².